The maximum Gasteiger partial charge on any atom is 0.293 e. The molecule has 7 nitrogen and oxygen atoms in total. The third-order valence-corrected chi connectivity index (χ3v) is 6.62. The summed E-state index contributed by atoms with van der Waals surface area (Å²) in [6, 6.07) is 19.4. The summed E-state index contributed by atoms with van der Waals surface area (Å²) in [4.78, 5) is 17.3. The highest BCUT2D eigenvalue weighted by Gasteiger charge is 2.17. The SMILES string of the molecule is COc1ccc2oc(-c3ccc(C)c(NC(=S)NC(=O)c4ccc(-c5cccc(Cl)c5Cl)o4)c3)nc2c1. The lowest BCUT2D eigenvalue weighted by atomic mass is 10.1. The van der Waals surface area contributed by atoms with E-state index in [-0.39, 0.29) is 10.9 Å². The van der Waals surface area contributed by atoms with Crippen molar-refractivity contribution >= 4 is 63.2 Å². The van der Waals surface area contributed by atoms with Crippen LogP contribution in [-0.2, 0) is 0 Å². The van der Waals surface area contributed by atoms with Gasteiger partial charge in [-0.15, -0.1) is 0 Å². The van der Waals surface area contributed by atoms with Crippen LogP contribution in [0.25, 0.3) is 33.9 Å². The molecule has 0 fully saturated rings. The number of hydrogen-bond donors (Lipinski definition) is 2. The van der Waals surface area contributed by atoms with E-state index in [0.29, 0.717) is 49.8 Å². The zero-order valence-electron chi connectivity index (χ0n) is 19.6. The highest BCUT2D eigenvalue weighted by Crippen LogP contribution is 2.34. The zero-order chi connectivity index (χ0) is 26.1. The van der Waals surface area contributed by atoms with E-state index in [1.165, 1.54) is 0 Å². The number of nitrogens with one attached hydrogen (secondary N) is 2. The van der Waals surface area contributed by atoms with Gasteiger partial charge in [0.2, 0.25) is 5.89 Å². The Morgan fingerprint density at radius 2 is 1.86 bits per heavy atom. The second-order valence-corrected chi connectivity index (χ2v) is 9.25. The second-order valence-electron chi connectivity index (χ2n) is 8.06. The third kappa shape index (κ3) is 5.17. The summed E-state index contributed by atoms with van der Waals surface area (Å²) in [7, 11) is 1.60. The molecular formula is C27H19Cl2N3O4S. The number of furan rings is 1. The molecule has 0 unspecified atom stereocenters. The first-order valence-corrected chi connectivity index (χ1v) is 12.2. The van der Waals surface area contributed by atoms with Crippen molar-refractivity contribution in [2.24, 2.45) is 0 Å². The number of ether oxygens (including phenoxy) is 1. The van der Waals surface area contributed by atoms with Gasteiger partial charge < -0.3 is 18.9 Å². The normalized spacial score (nSPS) is 10.9. The van der Waals surface area contributed by atoms with E-state index < -0.39 is 5.91 Å². The van der Waals surface area contributed by atoms with Gasteiger partial charge >= 0.3 is 0 Å². The first kappa shape index (κ1) is 24.8. The molecule has 2 aromatic heterocycles. The number of carbonyl (C=O) groups is 1. The number of nitrogens with zero attached hydrogens (tertiary/aromatic N) is 1. The van der Waals surface area contributed by atoms with Crippen LogP contribution in [0.5, 0.6) is 5.75 Å². The number of amides is 1. The smallest absolute Gasteiger partial charge is 0.293 e. The Balaban J connectivity index is 1.31. The fourth-order valence-electron chi connectivity index (χ4n) is 3.66. The van der Waals surface area contributed by atoms with Gasteiger partial charge in [-0.25, -0.2) is 4.98 Å². The highest BCUT2D eigenvalue weighted by atomic mass is 35.5. The predicted molar refractivity (Wildman–Crippen MR) is 149 cm³/mol. The largest absolute Gasteiger partial charge is 0.497 e. The average molecular weight is 552 g/mol. The molecule has 37 heavy (non-hydrogen) atoms. The highest BCUT2D eigenvalue weighted by molar-refractivity contribution is 7.80. The van der Waals surface area contributed by atoms with Gasteiger partial charge in [0.25, 0.3) is 5.91 Å². The minimum absolute atomic E-state index is 0.0718. The van der Waals surface area contributed by atoms with Gasteiger partial charge in [-0.05, 0) is 73.2 Å². The van der Waals surface area contributed by atoms with E-state index in [1.807, 2.05) is 37.3 Å². The van der Waals surface area contributed by atoms with Crippen molar-refractivity contribution in [3.63, 3.8) is 0 Å². The fourth-order valence-corrected chi connectivity index (χ4v) is 4.26. The molecule has 2 N–H and O–H groups in total. The van der Waals surface area contributed by atoms with Crippen molar-refractivity contribution in [3.8, 4) is 28.5 Å². The molecule has 0 bridgehead atoms. The Kier molecular flexibility index (Phi) is 6.88. The van der Waals surface area contributed by atoms with Gasteiger partial charge in [0, 0.05) is 22.9 Å². The Bertz CT molecular complexity index is 1660. The number of carbonyl (C=O) groups excluding carboxylic acids is 1. The number of fused-ring (bicyclic) bond motifs is 1. The van der Waals surface area contributed by atoms with Gasteiger partial charge in [0.15, 0.2) is 16.5 Å². The van der Waals surface area contributed by atoms with Crippen molar-refractivity contribution in [2.45, 2.75) is 6.92 Å². The molecule has 0 aliphatic carbocycles. The van der Waals surface area contributed by atoms with E-state index >= 15 is 0 Å². The molecule has 0 aliphatic rings. The molecular weight excluding hydrogens is 533 g/mol. The minimum Gasteiger partial charge on any atom is -0.497 e. The summed E-state index contributed by atoms with van der Waals surface area (Å²) in [5.41, 5.74) is 4.25. The van der Waals surface area contributed by atoms with Crippen molar-refractivity contribution < 1.29 is 18.4 Å². The zero-order valence-corrected chi connectivity index (χ0v) is 21.9. The second kappa shape index (κ2) is 10.3. The maximum absolute atomic E-state index is 12.7. The van der Waals surface area contributed by atoms with Crippen LogP contribution < -0.4 is 15.4 Å². The lowest BCUT2D eigenvalue weighted by Gasteiger charge is -2.12. The summed E-state index contributed by atoms with van der Waals surface area (Å²) in [5.74, 6) is 1.12. The summed E-state index contributed by atoms with van der Waals surface area (Å²) >= 11 is 17.7. The fraction of sp³-hybridized carbons (Fsp3) is 0.0741. The Morgan fingerprint density at radius 1 is 1.03 bits per heavy atom. The number of anilines is 1. The van der Waals surface area contributed by atoms with E-state index in [9.17, 15) is 4.79 Å². The number of halogens is 2. The molecule has 0 atom stereocenters. The molecule has 3 aromatic carbocycles. The number of rotatable bonds is 5. The van der Waals surface area contributed by atoms with Gasteiger partial charge in [0.05, 0.1) is 17.2 Å². The van der Waals surface area contributed by atoms with Gasteiger partial charge in [-0.1, -0.05) is 35.3 Å². The summed E-state index contributed by atoms with van der Waals surface area (Å²) in [6.45, 7) is 1.92. The van der Waals surface area contributed by atoms with Gasteiger partial charge in [0.1, 0.15) is 17.0 Å². The minimum atomic E-state index is -0.511. The molecule has 5 rings (SSSR count). The predicted octanol–water partition coefficient (Wildman–Crippen LogP) is 7.51. The van der Waals surface area contributed by atoms with E-state index in [1.54, 1.807) is 43.5 Å². The molecule has 186 valence electrons. The number of hydrogen-bond acceptors (Lipinski definition) is 6. The van der Waals surface area contributed by atoms with E-state index in [2.05, 4.69) is 15.6 Å². The van der Waals surface area contributed by atoms with E-state index in [0.717, 1.165) is 11.1 Å². The standard InChI is InChI=1S/C27H19Cl2N3O4S/c1-14-6-7-15(26-30-20-13-16(34-2)8-9-22(20)36-26)12-19(14)31-27(37)32-25(33)23-11-10-21(35-23)17-4-3-5-18(28)24(17)29/h3-13H,1-2H3,(H2,31,32,33,37). The summed E-state index contributed by atoms with van der Waals surface area (Å²) < 4.78 is 16.9. The molecule has 5 aromatic rings. The van der Waals surface area contributed by atoms with Crippen LogP contribution in [0.1, 0.15) is 16.1 Å². The van der Waals surface area contributed by atoms with Crippen LogP contribution in [0.4, 0.5) is 5.69 Å². The van der Waals surface area contributed by atoms with Crippen LogP contribution >= 0.6 is 35.4 Å². The molecule has 10 heteroatoms. The van der Waals surface area contributed by atoms with Crippen molar-refractivity contribution in [2.75, 3.05) is 12.4 Å². The first-order valence-electron chi connectivity index (χ1n) is 11.0. The Morgan fingerprint density at radius 3 is 2.68 bits per heavy atom. The van der Waals surface area contributed by atoms with Crippen LogP contribution in [-0.4, -0.2) is 23.1 Å². The Labute approximate surface area is 227 Å². The van der Waals surface area contributed by atoms with Gasteiger partial charge in [-0.3, -0.25) is 10.1 Å². The average Bonchev–Trinajstić information content (AvgIpc) is 3.54. The first-order chi connectivity index (χ1) is 17.8. The lowest BCUT2D eigenvalue weighted by Crippen LogP contribution is -2.34. The number of aryl methyl sites for hydroxylation is 1. The number of oxazole rings is 1. The number of methoxy groups -OCH3 is 1. The molecule has 0 spiro atoms. The van der Waals surface area contributed by atoms with Crippen LogP contribution in [0.3, 0.4) is 0 Å². The molecule has 2 heterocycles. The van der Waals surface area contributed by atoms with Crippen molar-refractivity contribution in [1.29, 1.82) is 0 Å². The molecule has 0 saturated carbocycles. The lowest BCUT2D eigenvalue weighted by molar-refractivity contribution is 0.0951. The van der Waals surface area contributed by atoms with Crippen molar-refractivity contribution in [1.82, 2.24) is 10.3 Å². The van der Waals surface area contributed by atoms with Crippen molar-refractivity contribution in [3.05, 3.63) is 88.1 Å². The van der Waals surface area contributed by atoms with Crippen LogP contribution in [0, 0.1) is 6.92 Å². The molecule has 0 radical (unpaired) electrons. The summed E-state index contributed by atoms with van der Waals surface area (Å²) in [5, 5.41) is 6.53. The quantitative estimate of drug-likeness (QED) is 0.218. The maximum atomic E-state index is 12.7. The molecule has 0 aliphatic heterocycles. The Hall–Kier alpha value is -3.85. The molecule has 0 saturated heterocycles. The summed E-state index contributed by atoms with van der Waals surface area (Å²) in [6.07, 6.45) is 0. The topological polar surface area (TPSA) is 89.5 Å². The van der Waals surface area contributed by atoms with Gasteiger partial charge in [-0.2, -0.15) is 0 Å². The molecule has 1 amide bonds. The number of thiocarbonyl (C=S) groups is 1. The van der Waals surface area contributed by atoms with Crippen LogP contribution in [0.15, 0.2) is 75.6 Å². The van der Waals surface area contributed by atoms with Crippen LogP contribution in [0.2, 0.25) is 10.0 Å². The monoisotopic (exact) mass is 551 g/mol. The van der Waals surface area contributed by atoms with E-state index in [4.69, 9.17) is 49.0 Å². The third-order valence-electron chi connectivity index (χ3n) is 5.60. The number of benzene rings is 3. The number of aromatic nitrogens is 1.